The van der Waals surface area contributed by atoms with Crippen molar-refractivity contribution < 1.29 is 14.7 Å². The van der Waals surface area contributed by atoms with Gasteiger partial charge in [-0.25, -0.2) is 4.98 Å². The molecule has 0 spiro atoms. The van der Waals surface area contributed by atoms with Crippen molar-refractivity contribution in [2.45, 2.75) is 51.9 Å². The van der Waals surface area contributed by atoms with Gasteiger partial charge in [0.1, 0.15) is 0 Å². The molecule has 1 amide bonds. The molecule has 0 atom stereocenters. The standard InChI is InChI=1S/C18H22N2O3S/c1-11(2)16-20-13-6-5-12(9-14(13)24-16)19-15(21)10-18(17(22)23)7-3-4-8-18/h5-6,9,11H,3-4,7-8,10H2,1-2H3,(H,19,21)(H,22,23). The zero-order valence-electron chi connectivity index (χ0n) is 14.0. The Bertz CT molecular complexity index is 776. The lowest BCUT2D eigenvalue weighted by molar-refractivity contribution is -0.150. The third-order valence-electron chi connectivity index (χ3n) is 4.70. The molecule has 128 valence electrons. The zero-order chi connectivity index (χ0) is 17.3. The summed E-state index contributed by atoms with van der Waals surface area (Å²) in [5, 5.41) is 13.4. The fourth-order valence-electron chi connectivity index (χ4n) is 3.30. The van der Waals surface area contributed by atoms with Gasteiger partial charge in [-0.05, 0) is 31.0 Å². The van der Waals surface area contributed by atoms with Gasteiger partial charge in [0.2, 0.25) is 5.91 Å². The number of nitrogens with one attached hydrogen (secondary N) is 1. The minimum absolute atomic E-state index is 0.0420. The van der Waals surface area contributed by atoms with Gasteiger partial charge in [-0.2, -0.15) is 0 Å². The number of hydrogen-bond acceptors (Lipinski definition) is 4. The molecular formula is C18H22N2O3S. The molecule has 2 N–H and O–H groups in total. The summed E-state index contributed by atoms with van der Waals surface area (Å²) in [6.45, 7) is 4.21. The number of benzene rings is 1. The first kappa shape index (κ1) is 16.9. The van der Waals surface area contributed by atoms with Gasteiger partial charge in [-0.1, -0.05) is 26.7 Å². The van der Waals surface area contributed by atoms with E-state index in [9.17, 15) is 14.7 Å². The second-order valence-electron chi connectivity index (χ2n) is 6.91. The van der Waals surface area contributed by atoms with Crippen molar-refractivity contribution in [2.24, 2.45) is 5.41 Å². The molecule has 1 heterocycles. The summed E-state index contributed by atoms with van der Waals surface area (Å²) in [6, 6.07) is 5.64. The normalized spacial score (nSPS) is 16.6. The van der Waals surface area contributed by atoms with Crippen LogP contribution in [-0.4, -0.2) is 22.0 Å². The molecule has 3 rings (SSSR count). The summed E-state index contributed by atoms with van der Waals surface area (Å²) in [4.78, 5) is 28.5. The number of carboxylic acids is 1. The van der Waals surface area contributed by atoms with Gasteiger partial charge < -0.3 is 10.4 Å². The van der Waals surface area contributed by atoms with Crippen LogP contribution in [0.1, 0.15) is 56.9 Å². The molecule has 5 nitrogen and oxygen atoms in total. The molecule has 1 saturated carbocycles. The van der Waals surface area contributed by atoms with Crippen LogP contribution in [0, 0.1) is 5.41 Å². The van der Waals surface area contributed by atoms with Crippen molar-refractivity contribution in [3.8, 4) is 0 Å². The number of anilines is 1. The van der Waals surface area contributed by atoms with E-state index in [2.05, 4.69) is 24.1 Å². The second kappa shape index (κ2) is 6.51. The maximum absolute atomic E-state index is 12.3. The van der Waals surface area contributed by atoms with E-state index < -0.39 is 11.4 Å². The number of carbonyl (C=O) groups is 2. The SMILES string of the molecule is CC(C)c1nc2ccc(NC(=O)CC3(C(=O)O)CCCC3)cc2s1. The van der Waals surface area contributed by atoms with Crippen molar-refractivity contribution in [2.75, 3.05) is 5.32 Å². The summed E-state index contributed by atoms with van der Waals surface area (Å²) >= 11 is 1.63. The predicted molar refractivity (Wildman–Crippen MR) is 95.5 cm³/mol. The second-order valence-corrected chi connectivity index (χ2v) is 7.97. The van der Waals surface area contributed by atoms with Crippen LogP contribution in [0.4, 0.5) is 5.69 Å². The molecule has 1 aliphatic rings. The molecule has 0 radical (unpaired) electrons. The highest BCUT2D eigenvalue weighted by Crippen LogP contribution is 2.41. The van der Waals surface area contributed by atoms with Gasteiger partial charge in [0.05, 0.1) is 20.6 Å². The average Bonchev–Trinajstić information content (AvgIpc) is 3.14. The van der Waals surface area contributed by atoms with Crippen LogP contribution in [0.3, 0.4) is 0 Å². The Balaban J connectivity index is 1.74. The Morgan fingerprint density at radius 1 is 1.33 bits per heavy atom. The highest BCUT2D eigenvalue weighted by molar-refractivity contribution is 7.18. The van der Waals surface area contributed by atoms with Crippen LogP contribution >= 0.6 is 11.3 Å². The fraction of sp³-hybridized carbons (Fsp3) is 0.500. The molecule has 1 aromatic heterocycles. The molecule has 1 fully saturated rings. The molecule has 1 aliphatic carbocycles. The van der Waals surface area contributed by atoms with Gasteiger partial charge in [0.25, 0.3) is 0 Å². The molecule has 0 saturated heterocycles. The Hall–Kier alpha value is -1.95. The van der Waals surface area contributed by atoms with Crippen LogP contribution in [0.2, 0.25) is 0 Å². The summed E-state index contributed by atoms with van der Waals surface area (Å²) in [7, 11) is 0. The summed E-state index contributed by atoms with van der Waals surface area (Å²) in [5.41, 5.74) is 0.744. The Kier molecular flexibility index (Phi) is 4.58. The average molecular weight is 346 g/mol. The maximum Gasteiger partial charge on any atom is 0.310 e. The van der Waals surface area contributed by atoms with Crippen LogP contribution in [-0.2, 0) is 9.59 Å². The van der Waals surface area contributed by atoms with Crippen LogP contribution in [0.25, 0.3) is 10.2 Å². The highest BCUT2D eigenvalue weighted by atomic mass is 32.1. The largest absolute Gasteiger partial charge is 0.481 e. The van der Waals surface area contributed by atoms with Gasteiger partial charge >= 0.3 is 5.97 Å². The zero-order valence-corrected chi connectivity index (χ0v) is 14.8. The van der Waals surface area contributed by atoms with Crippen molar-refractivity contribution in [3.63, 3.8) is 0 Å². The van der Waals surface area contributed by atoms with Crippen molar-refractivity contribution >= 4 is 39.1 Å². The van der Waals surface area contributed by atoms with Gasteiger partial charge in [-0.3, -0.25) is 9.59 Å². The first-order valence-electron chi connectivity index (χ1n) is 8.33. The Morgan fingerprint density at radius 3 is 2.67 bits per heavy atom. The minimum Gasteiger partial charge on any atom is -0.481 e. The van der Waals surface area contributed by atoms with E-state index in [1.54, 1.807) is 11.3 Å². The molecule has 0 unspecified atom stereocenters. The van der Waals surface area contributed by atoms with E-state index in [1.165, 1.54) is 0 Å². The lowest BCUT2D eigenvalue weighted by Crippen LogP contribution is -2.32. The van der Waals surface area contributed by atoms with Crippen molar-refractivity contribution in [3.05, 3.63) is 23.2 Å². The molecule has 0 aliphatic heterocycles. The maximum atomic E-state index is 12.3. The Labute approximate surface area is 145 Å². The number of aliphatic carboxylic acids is 1. The summed E-state index contributed by atoms with van der Waals surface area (Å²) < 4.78 is 1.03. The van der Waals surface area contributed by atoms with Crippen molar-refractivity contribution in [1.82, 2.24) is 4.98 Å². The molecule has 6 heteroatoms. The van der Waals surface area contributed by atoms with E-state index >= 15 is 0 Å². The number of rotatable bonds is 5. The van der Waals surface area contributed by atoms with Crippen LogP contribution in [0.15, 0.2) is 18.2 Å². The number of aromatic nitrogens is 1. The van der Waals surface area contributed by atoms with E-state index in [4.69, 9.17) is 0 Å². The molecular weight excluding hydrogens is 324 g/mol. The number of fused-ring (bicyclic) bond motifs is 1. The lowest BCUT2D eigenvalue weighted by Gasteiger charge is -2.22. The van der Waals surface area contributed by atoms with E-state index in [0.717, 1.165) is 28.1 Å². The van der Waals surface area contributed by atoms with E-state index in [-0.39, 0.29) is 12.3 Å². The summed E-state index contributed by atoms with van der Waals surface area (Å²) in [5.74, 6) is -0.708. The number of nitrogens with zero attached hydrogens (tertiary/aromatic N) is 1. The smallest absolute Gasteiger partial charge is 0.310 e. The van der Waals surface area contributed by atoms with Gasteiger partial charge in [-0.15, -0.1) is 11.3 Å². The number of thiazole rings is 1. The number of amides is 1. The quantitative estimate of drug-likeness (QED) is 0.841. The van der Waals surface area contributed by atoms with E-state index in [1.807, 2.05) is 18.2 Å². The third-order valence-corrected chi connectivity index (χ3v) is 6.01. The molecule has 0 bridgehead atoms. The topological polar surface area (TPSA) is 79.3 Å². The first-order chi connectivity index (χ1) is 11.4. The highest BCUT2D eigenvalue weighted by Gasteiger charge is 2.42. The van der Waals surface area contributed by atoms with Gasteiger partial charge in [0, 0.05) is 18.0 Å². The summed E-state index contributed by atoms with van der Waals surface area (Å²) in [6.07, 6.45) is 2.97. The van der Waals surface area contributed by atoms with Crippen LogP contribution < -0.4 is 5.32 Å². The third kappa shape index (κ3) is 3.29. The number of hydrogen-bond donors (Lipinski definition) is 2. The molecule has 24 heavy (non-hydrogen) atoms. The lowest BCUT2D eigenvalue weighted by atomic mass is 9.82. The predicted octanol–water partition coefficient (Wildman–Crippen LogP) is 4.39. The minimum atomic E-state index is -0.885. The molecule has 2 aromatic rings. The van der Waals surface area contributed by atoms with Gasteiger partial charge in [0.15, 0.2) is 0 Å². The Morgan fingerprint density at radius 2 is 2.04 bits per heavy atom. The number of carboxylic acid groups (broad SMARTS) is 1. The fourth-order valence-corrected chi connectivity index (χ4v) is 4.31. The molecule has 1 aromatic carbocycles. The monoisotopic (exact) mass is 346 g/mol. The van der Waals surface area contributed by atoms with Crippen LogP contribution in [0.5, 0.6) is 0 Å². The first-order valence-corrected chi connectivity index (χ1v) is 9.15. The van der Waals surface area contributed by atoms with E-state index in [0.29, 0.717) is 24.4 Å². The number of carbonyl (C=O) groups excluding carboxylic acids is 1. The van der Waals surface area contributed by atoms with Crippen molar-refractivity contribution in [1.29, 1.82) is 0 Å².